The zero-order chi connectivity index (χ0) is 12.7. The van der Waals surface area contributed by atoms with Gasteiger partial charge in [0.1, 0.15) is 11.9 Å². The van der Waals surface area contributed by atoms with E-state index in [0.29, 0.717) is 12.2 Å². The van der Waals surface area contributed by atoms with Gasteiger partial charge in [0.15, 0.2) is 0 Å². The number of carboxylic acids is 1. The van der Waals surface area contributed by atoms with Crippen LogP contribution >= 0.6 is 0 Å². The Hall–Kier alpha value is -1.81. The van der Waals surface area contributed by atoms with Gasteiger partial charge in [0.2, 0.25) is 0 Å². The molecule has 4 heteroatoms. The lowest BCUT2D eigenvalue weighted by atomic mass is 10.2. The summed E-state index contributed by atoms with van der Waals surface area (Å²) in [4.78, 5) is 10.6. The van der Waals surface area contributed by atoms with Crippen molar-refractivity contribution in [2.45, 2.75) is 19.4 Å². The fraction of sp³-hybridized carbons (Fsp3) is 0.308. The molecule has 4 nitrogen and oxygen atoms in total. The highest BCUT2D eigenvalue weighted by molar-refractivity contribution is 5.85. The standard InChI is InChI=1S/C13H16O4/c1-10(13(15)16)7-8-12(9-14)17-11-5-3-2-4-6-11/h2-7,12,14H,8-9H2,1H3,(H,15,16). The maximum atomic E-state index is 10.6. The summed E-state index contributed by atoms with van der Waals surface area (Å²) in [5, 5.41) is 17.8. The van der Waals surface area contributed by atoms with Gasteiger partial charge >= 0.3 is 5.97 Å². The van der Waals surface area contributed by atoms with Crippen molar-refractivity contribution >= 4 is 5.97 Å². The maximum Gasteiger partial charge on any atom is 0.330 e. The Kier molecular flexibility index (Phi) is 5.23. The van der Waals surface area contributed by atoms with Crippen LogP contribution in [-0.2, 0) is 4.79 Å². The molecular formula is C13H16O4. The predicted octanol–water partition coefficient (Wildman–Crippen LogP) is 1.85. The number of carbonyl (C=O) groups is 1. The van der Waals surface area contributed by atoms with Crippen LogP contribution in [0.4, 0.5) is 0 Å². The molecule has 1 aromatic carbocycles. The van der Waals surface area contributed by atoms with Gasteiger partial charge in [0, 0.05) is 12.0 Å². The number of aliphatic hydroxyl groups is 1. The predicted molar refractivity (Wildman–Crippen MR) is 64.0 cm³/mol. The van der Waals surface area contributed by atoms with Gasteiger partial charge < -0.3 is 14.9 Å². The van der Waals surface area contributed by atoms with Crippen LogP contribution in [0.1, 0.15) is 13.3 Å². The van der Waals surface area contributed by atoms with E-state index in [9.17, 15) is 4.79 Å². The van der Waals surface area contributed by atoms with Crippen LogP contribution in [0, 0.1) is 0 Å². The second-order valence-electron chi connectivity index (χ2n) is 3.66. The highest BCUT2D eigenvalue weighted by atomic mass is 16.5. The van der Waals surface area contributed by atoms with Gasteiger partial charge in [0.05, 0.1) is 6.61 Å². The van der Waals surface area contributed by atoms with E-state index >= 15 is 0 Å². The Labute approximate surface area is 100 Å². The second-order valence-corrected chi connectivity index (χ2v) is 3.66. The molecule has 1 atom stereocenters. The molecule has 0 fully saturated rings. The number of carboxylic acid groups (broad SMARTS) is 1. The molecule has 0 aliphatic carbocycles. The first-order valence-corrected chi connectivity index (χ1v) is 5.36. The fourth-order valence-corrected chi connectivity index (χ4v) is 1.25. The second kappa shape index (κ2) is 6.70. The summed E-state index contributed by atoms with van der Waals surface area (Å²) in [6.07, 6.45) is 1.49. The number of para-hydroxylation sites is 1. The van der Waals surface area contributed by atoms with E-state index in [1.807, 2.05) is 18.2 Å². The highest BCUT2D eigenvalue weighted by Gasteiger charge is 2.08. The Balaban J connectivity index is 2.55. The first-order valence-electron chi connectivity index (χ1n) is 5.36. The minimum Gasteiger partial charge on any atom is -0.488 e. The minimum atomic E-state index is -0.957. The number of hydrogen-bond acceptors (Lipinski definition) is 3. The summed E-state index contributed by atoms with van der Waals surface area (Å²) in [5.74, 6) is -0.297. The van der Waals surface area contributed by atoms with Gasteiger partial charge in [-0.15, -0.1) is 0 Å². The third-order valence-electron chi connectivity index (χ3n) is 2.27. The van der Waals surface area contributed by atoms with E-state index < -0.39 is 12.1 Å². The lowest BCUT2D eigenvalue weighted by Crippen LogP contribution is -2.20. The van der Waals surface area contributed by atoms with Crippen LogP contribution in [0.15, 0.2) is 42.0 Å². The summed E-state index contributed by atoms with van der Waals surface area (Å²) < 4.78 is 5.51. The SMILES string of the molecule is CC(=CCC(CO)Oc1ccccc1)C(=O)O. The molecule has 0 spiro atoms. The Morgan fingerprint density at radius 2 is 2.06 bits per heavy atom. The fourth-order valence-electron chi connectivity index (χ4n) is 1.25. The average Bonchev–Trinajstić information content (AvgIpc) is 2.35. The number of ether oxygens (including phenoxy) is 1. The average molecular weight is 236 g/mol. The Morgan fingerprint density at radius 3 is 2.59 bits per heavy atom. The van der Waals surface area contributed by atoms with Gasteiger partial charge in [-0.1, -0.05) is 24.3 Å². The molecule has 2 N–H and O–H groups in total. The quantitative estimate of drug-likeness (QED) is 0.740. The normalized spacial score (nSPS) is 13.2. The summed E-state index contributed by atoms with van der Waals surface area (Å²) in [7, 11) is 0. The van der Waals surface area contributed by atoms with Crippen molar-refractivity contribution in [3.8, 4) is 5.75 Å². The van der Waals surface area contributed by atoms with Crippen molar-refractivity contribution in [3.05, 3.63) is 42.0 Å². The molecule has 17 heavy (non-hydrogen) atoms. The molecule has 0 aliphatic rings. The topological polar surface area (TPSA) is 66.8 Å². The number of rotatable bonds is 6. The summed E-state index contributed by atoms with van der Waals surface area (Å²) >= 11 is 0. The molecule has 0 aliphatic heterocycles. The van der Waals surface area contributed by atoms with Crippen molar-refractivity contribution < 1.29 is 19.7 Å². The largest absolute Gasteiger partial charge is 0.488 e. The van der Waals surface area contributed by atoms with Gasteiger partial charge in [-0.25, -0.2) is 4.79 Å². The zero-order valence-corrected chi connectivity index (χ0v) is 9.67. The number of aliphatic hydroxyl groups excluding tert-OH is 1. The lowest BCUT2D eigenvalue weighted by molar-refractivity contribution is -0.132. The lowest BCUT2D eigenvalue weighted by Gasteiger charge is -2.15. The van der Waals surface area contributed by atoms with E-state index in [0.717, 1.165) is 0 Å². The molecule has 0 saturated carbocycles. The van der Waals surface area contributed by atoms with Crippen molar-refractivity contribution in [2.75, 3.05) is 6.61 Å². The van der Waals surface area contributed by atoms with Crippen molar-refractivity contribution in [3.63, 3.8) is 0 Å². The molecule has 1 aromatic rings. The van der Waals surface area contributed by atoms with Gasteiger partial charge in [0.25, 0.3) is 0 Å². The monoisotopic (exact) mass is 236 g/mol. The molecule has 0 radical (unpaired) electrons. The summed E-state index contributed by atoms with van der Waals surface area (Å²) in [6.45, 7) is 1.36. The third-order valence-corrected chi connectivity index (χ3v) is 2.27. The molecule has 1 rings (SSSR count). The van der Waals surface area contributed by atoms with Crippen molar-refractivity contribution in [1.82, 2.24) is 0 Å². The maximum absolute atomic E-state index is 10.6. The van der Waals surface area contributed by atoms with E-state index in [2.05, 4.69) is 0 Å². The molecule has 0 aromatic heterocycles. The molecule has 0 saturated heterocycles. The van der Waals surface area contributed by atoms with Gasteiger partial charge in [-0.05, 0) is 19.1 Å². The highest BCUT2D eigenvalue weighted by Crippen LogP contribution is 2.13. The number of benzene rings is 1. The molecule has 0 bridgehead atoms. The first kappa shape index (κ1) is 13.3. The van der Waals surface area contributed by atoms with Crippen molar-refractivity contribution in [1.29, 1.82) is 0 Å². The van der Waals surface area contributed by atoms with Gasteiger partial charge in [-0.2, -0.15) is 0 Å². The zero-order valence-electron chi connectivity index (χ0n) is 9.67. The van der Waals surface area contributed by atoms with E-state index in [1.165, 1.54) is 6.92 Å². The summed E-state index contributed by atoms with van der Waals surface area (Å²) in [5.41, 5.74) is 0.250. The number of aliphatic carboxylic acids is 1. The first-order chi connectivity index (χ1) is 8.13. The summed E-state index contributed by atoms with van der Waals surface area (Å²) in [6, 6.07) is 9.12. The van der Waals surface area contributed by atoms with Crippen LogP contribution in [0.3, 0.4) is 0 Å². The van der Waals surface area contributed by atoms with E-state index in [1.54, 1.807) is 18.2 Å². The van der Waals surface area contributed by atoms with Crippen LogP contribution in [0.5, 0.6) is 5.75 Å². The van der Waals surface area contributed by atoms with Gasteiger partial charge in [-0.3, -0.25) is 0 Å². The molecule has 0 heterocycles. The molecule has 92 valence electrons. The smallest absolute Gasteiger partial charge is 0.330 e. The minimum absolute atomic E-state index is 0.154. The van der Waals surface area contributed by atoms with Crippen molar-refractivity contribution in [2.24, 2.45) is 0 Å². The number of hydrogen-bond donors (Lipinski definition) is 2. The van der Waals surface area contributed by atoms with E-state index in [4.69, 9.17) is 14.9 Å². The van der Waals surface area contributed by atoms with Crippen LogP contribution in [0.2, 0.25) is 0 Å². The Morgan fingerprint density at radius 1 is 1.41 bits per heavy atom. The Bertz CT molecular complexity index is 384. The van der Waals surface area contributed by atoms with E-state index in [-0.39, 0.29) is 12.2 Å². The van der Waals surface area contributed by atoms with Crippen LogP contribution in [0.25, 0.3) is 0 Å². The molecule has 0 amide bonds. The van der Waals surface area contributed by atoms with Crippen LogP contribution in [-0.4, -0.2) is 28.9 Å². The molecule has 1 unspecified atom stereocenters. The third kappa shape index (κ3) is 4.70. The van der Waals surface area contributed by atoms with Crippen LogP contribution < -0.4 is 4.74 Å². The molecular weight excluding hydrogens is 220 g/mol.